The molecule has 0 saturated heterocycles. The lowest BCUT2D eigenvalue weighted by Gasteiger charge is -2.22. The molecule has 2 amide bonds. The molecule has 2 aromatic carbocycles. The van der Waals surface area contributed by atoms with Crippen molar-refractivity contribution in [3.05, 3.63) is 59.7 Å². The van der Waals surface area contributed by atoms with Crippen LogP contribution in [0.2, 0.25) is 0 Å². The SMILES string of the molecule is COc1ccc(C(=O)NCCN(CCN)CCNC(=O)c2ccc(OC)cc2)cc1. The van der Waals surface area contributed by atoms with Gasteiger partial charge in [-0.3, -0.25) is 14.5 Å². The number of methoxy groups -OCH3 is 2. The lowest BCUT2D eigenvalue weighted by atomic mass is 10.2. The van der Waals surface area contributed by atoms with Crippen molar-refractivity contribution in [2.45, 2.75) is 0 Å². The van der Waals surface area contributed by atoms with Crippen molar-refractivity contribution in [2.24, 2.45) is 5.73 Å². The molecule has 30 heavy (non-hydrogen) atoms. The minimum Gasteiger partial charge on any atom is -0.497 e. The van der Waals surface area contributed by atoms with Crippen molar-refractivity contribution in [3.8, 4) is 11.5 Å². The highest BCUT2D eigenvalue weighted by Crippen LogP contribution is 2.11. The number of carbonyl (C=O) groups excluding carboxylic acids is 2. The molecule has 8 heteroatoms. The zero-order valence-corrected chi connectivity index (χ0v) is 17.5. The van der Waals surface area contributed by atoms with Gasteiger partial charge in [0.2, 0.25) is 0 Å². The van der Waals surface area contributed by atoms with Crippen LogP contribution in [-0.2, 0) is 0 Å². The summed E-state index contributed by atoms with van der Waals surface area (Å²) >= 11 is 0. The van der Waals surface area contributed by atoms with E-state index in [0.29, 0.717) is 61.9 Å². The van der Waals surface area contributed by atoms with Crippen LogP contribution in [0.1, 0.15) is 20.7 Å². The molecule has 0 aromatic heterocycles. The fourth-order valence-corrected chi connectivity index (χ4v) is 2.86. The molecule has 0 atom stereocenters. The van der Waals surface area contributed by atoms with E-state index < -0.39 is 0 Å². The number of hydrogen-bond donors (Lipinski definition) is 3. The second-order valence-electron chi connectivity index (χ2n) is 6.60. The summed E-state index contributed by atoms with van der Waals surface area (Å²) in [5.74, 6) is 1.13. The number of nitrogens with two attached hydrogens (primary N) is 1. The largest absolute Gasteiger partial charge is 0.497 e. The van der Waals surface area contributed by atoms with E-state index in [-0.39, 0.29) is 11.8 Å². The minimum absolute atomic E-state index is 0.141. The highest BCUT2D eigenvalue weighted by Gasteiger charge is 2.09. The summed E-state index contributed by atoms with van der Waals surface area (Å²) < 4.78 is 10.2. The van der Waals surface area contributed by atoms with Crippen LogP contribution < -0.4 is 25.8 Å². The summed E-state index contributed by atoms with van der Waals surface area (Å²) in [6, 6.07) is 13.9. The van der Waals surface area contributed by atoms with Gasteiger partial charge in [0.05, 0.1) is 14.2 Å². The Morgan fingerprint density at radius 2 is 1.17 bits per heavy atom. The van der Waals surface area contributed by atoms with Crippen LogP contribution in [0.3, 0.4) is 0 Å². The van der Waals surface area contributed by atoms with Crippen LogP contribution in [0.4, 0.5) is 0 Å². The van der Waals surface area contributed by atoms with Gasteiger partial charge < -0.3 is 25.8 Å². The van der Waals surface area contributed by atoms with Crippen LogP contribution in [0.15, 0.2) is 48.5 Å². The maximum absolute atomic E-state index is 12.2. The summed E-state index contributed by atoms with van der Waals surface area (Å²) in [4.78, 5) is 26.6. The van der Waals surface area contributed by atoms with Gasteiger partial charge >= 0.3 is 0 Å². The number of hydrogen-bond acceptors (Lipinski definition) is 6. The van der Waals surface area contributed by atoms with Crippen molar-refractivity contribution >= 4 is 11.8 Å². The van der Waals surface area contributed by atoms with Crippen LogP contribution in [0.25, 0.3) is 0 Å². The van der Waals surface area contributed by atoms with Gasteiger partial charge in [0.15, 0.2) is 0 Å². The molecule has 2 aromatic rings. The zero-order chi connectivity index (χ0) is 21.8. The average Bonchev–Trinajstić information content (AvgIpc) is 2.79. The summed E-state index contributed by atoms with van der Waals surface area (Å²) in [6.45, 7) is 3.42. The van der Waals surface area contributed by atoms with Gasteiger partial charge in [-0.25, -0.2) is 0 Å². The van der Waals surface area contributed by atoms with Crippen molar-refractivity contribution in [1.82, 2.24) is 15.5 Å². The molecule has 0 aliphatic carbocycles. The van der Waals surface area contributed by atoms with Crippen LogP contribution in [0, 0.1) is 0 Å². The Kier molecular flexibility index (Phi) is 9.63. The van der Waals surface area contributed by atoms with E-state index in [9.17, 15) is 9.59 Å². The van der Waals surface area contributed by atoms with Crippen molar-refractivity contribution in [1.29, 1.82) is 0 Å². The number of amides is 2. The number of ether oxygens (including phenoxy) is 2. The molecule has 4 N–H and O–H groups in total. The lowest BCUT2D eigenvalue weighted by Crippen LogP contribution is -2.41. The van der Waals surface area contributed by atoms with E-state index >= 15 is 0 Å². The Morgan fingerprint density at radius 1 is 0.767 bits per heavy atom. The molecule has 0 aliphatic heterocycles. The average molecular weight is 415 g/mol. The number of nitrogens with one attached hydrogen (secondary N) is 2. The van der Waals surface area contributed by atoms with Gasteiger partial charge in [0.1, 0.15) is 11.5 Å². The van der Waals surface area contributed by atoms with Crippen LogP contribution in [0.5, 0.6) is 11.5 Å². The molecular weight excluding hydrogens is 384 g/mol. The first kappa shape index (κ1) is 23.2. The van der Waals surface area contributed by atoms with Crippen molar-refractivity contribution < 1.29 is 19.1 Å². The van der Waals surface area contributed by atoms with Gasteiger partial charge in [-0.2, -0.15) is 0 Å². The Morgan fingerprint density at radius 3 is 1.50 bits per heavy atom. The molecule has 0 radical (unpaired) electrons. The van der Waals surface area contributed by atoms with Crippen molar-refractivity contribution in [2.75, 3.05) is 53.5 Å². The van der Waals surface area contributed by atoms with Gasteiger partial charge in [-0.05, 0) is 48.5 Å². The maximum Gasteiger partial charge on any atom is 0.251 e. The first-order valence-corrected chi connectivity index (χ1v) is 9.84. The normalized spacial score (nSPS) is 10.5. The molecule has 8 nitrogen and oxygen atoms in total. The third kappa shape index (κ3) is 7.38. The molecule has 0 heterocycles. The zero-order valence-electron chi connectivity index (χ0n) is 17.5. The monoisotopic (exact) mass is 414 g/mol. The number of benzene rings is 2. The first-order valence-electron chi connectivity index (χ1n) is 9.84. The van der Waals surface area contributed by atoms with E-state index in [1.807, 2.05) is 0 Å². The van der Waals surface area contributed by atoms with Crippen LogP contribution >= 0.6 is 0 Å². The third-order valence-corrected chi connectivity index (χ3v) is 4.58. The Hall–Kier alpha value is -3.10. The highest BCUT2D eigenvalue weighted by atomic mass is 16.5. The molecule has 162 valence electrons. The first-order chi connectivity index (χ1) is 14.6. The fraction of sp³-hybridized carbons (Fsp3) is 0.364. The quantitative estimate of drug-likeness (QED) is 0.481. The molecule has 0 unspecified atom stereocenters. The van der Waals surface area contributed by atoms with E-state index in [4.69, 9.17) is 15.2 Å². The number of carbonyl (C=O) groups is 2. The minimum atomic E-state index is -0.141. The van der Waals surface area contributed by atoms with Gasteiger partial charge in [0.25, 0.3) is 11.8 Å². The maximum atomic E-state index is 12.2. The van der Waals surface area contributed by atoms with E-state index in [2.05, 4.69) is 15.5 Å². The van der Waals surface area contributed by atoms with Crippen LogP contribution in [-0.4, -0.2) is 70.2 Å². The van der Waals surface area contributed by atoms with E-state index in [1.54, 1.807) is 62.8 Å². The topological polar surface area (TPSA) is 106 Å². The van der Waals surface area contributed by atoms with Gasteiger partial charge in [-0.15, -0.1) is 0 Å². The molecular formula is C22H30N4O4. The number of rotatable bonds is 12. The van der Waals surface area contributed by atoms with E-state index in [1.165, 1.54) is 0 Å². The van der Waals surface area contributed by atoms with E-state index in [0.717, 1.165) is 0 Å². The Bertz CT molecular complexity index is 728. The molecule has 0 fully saturated rings. The molecule has 0 aliphatic rings. The van der Waals surface area contributed by atoms with Gasteiger partial charge in [-0.1, -0.05) is 0 Å². The standard InChI is InChI=1S/C22H30N4O4/c1-29-19-7-3-17(4-8-19)21(27)24-12-15-26(14-11-23)16-13-25-22(28)18-5-9-20(30-2)10-6-18/h3-10H,11-16,23H2,1-2H3,(H,24,27)(H,25,28). The summed E-state index contributed by atoms with van der Waals surface area (Å²) in [5.41, 5.74) is 6.84. The predicted octanol–water partition coefficient (Wildman–Crippen LogP) is 1.12. The lowest BCUT2D eigenvalue weighted by molar-refractivity contribution is 0.0948. The van der Waals surface area contributed by atoms with Crippen molar-refractivity contribution in [3.63, 3.8) is 0 Å². The second-order valence-corrected chi connectivity index (χ2v) is 6.60. The molecule has 2 rings (SSSR count). The summed E-state index contributed by atoms with van der Waals surface area (Å²) in [5, 5.41) is 5.80. The summed E-state index contributed by atoms with van der Waals surface area (Å²) in [6.07, 6.45) is 0. The third-order valence-electron chi connectivity index (χ3n) is 4.58. The number of nitrogens with zero attached hydrogens (tertiary/aromatic N) is 1. The Balaban J connectivity index is 1.73. The smallest absolute Gasteiger partial charge is 0.251 e. The highest BCUT2D eigenvalue weighted by molar-refractivity contribution is 5.94. The molecule has 0 bridgehead atoms. The van der Waals surface area contributed by atoms with Gasteiger partial charge in [0, 0.05) is 50.4 Å². The Labute approximate surface area is 177 Å². The predicted molar refractivity (Wildman–Crippen MR) is 116 cm³/mol. The molecule has 0 saturated carbocycles. The molecule has 0 spiro atoms. The second kappa shape index (κ2) is 12.5. The fourth-order valence-electron chi connectivity index (χ4n) is 2.86. The summed E-state index contributed by atoms with van der Waals surface area (Å²) in [7, 11) is 3.17.